The van der Waals surface area contributed by atoms with Crippen molar-refractivity contribution in [1.82, 2.24) is 0 Å². The van der Waals surface area contributed by atoms with E-state index in [4.69, 9.17) is 18.9 Å². The van der Waals surface area contributed by atoms with Crippen LogP contribution in [0.2, 0.25) is 0 Å². The van der Waals surface area contributed by atoms with Crippen molar-refractivity contribution in [3.8, 4) is 0 Å². The summed E-state index contributed by atoms with van der Waals surface area (Å²) in [6, 6.07) is 0. The third-order valence-corrected chi connectivity index (χ3v) is 12.9. The van der Waals surface area contributed by atoms with Gasteiger partial charge in [0, 0.05) is 11.3 Å². The highest BCUT2D eigenvalue weighted by Gasteiger charge is 2.61. The van der Waals surface area contributed by atoms with Crippen LogP contribution in [0.4, 0.5) is 0 Å². The molecular formula is C33H52O13. The van der Waals surface area contributed by atoms with E-state index in [2.05, 4.69) is 13.8 Å². The van der Waals surface area contributed by atoms with E-state index in [1.807, 2.05) is 0 Å². The number of hydrogen-bond donors (Lipinski definition) is 8. The molecule has 46 heavy (non-hydrogen) atoms. The molecular weight excluding hydrogens is 604 g/mol. The Hall–Kier alpha value is -1.07. The molecule has 13 nitrogen and oxygen atoms in total. The van der Waals surface area contributed by atoms with Gasteiger partial charge in [0.15, 0.2) is 18.4 Å². The molecule has 262 valence electrons. The Morgan fingerprint density at radius 2 is 1.48 bits per heavy atom. The van der Waals surface area contributed by atoms with Crippen LogP contribution in [-0.2, 0) is 23.7 Å². The minimum absolute atomic E-state index is 0.00575. The fourth-order valence-corrected chi connectivity index (χ4v) is 10.4. The lowest BCUT2D eigenvalue weighted by Gasteiger charge is -2.61. The molecule has 0 aromatic heterocycles. The average Bonchev–Trinajstić information content (AvgIpc) is 3.31. The molecule has 2 aliphatic heterocycles. The summed E-state index contributed by atoms with van der Waals surface area (Å²) < 4.78 is 23.7. The van der Waals surface area contributed by atoms with Gasteiger partial charge >= 0.3 is 0 Å². The van der Waals surface area contributed by atoms with Gasteiger partial charge in [-0.1, -0.05) is 13.8 Å². The first-order valence-corrected chi connectivity index (χ1v) is 16.9. The summed E-state index contributed by atoms with van der Waals surface area (Å²) in [6.07, 6.45) is -8.04. The van der Waals surface area contributed by atoms with Crippen molar-refractivity contribution in [3.63, 3.8) is 0 Å². The van der Waals surface area contributed by atoms with E-state index in [1.165, 1.54) is 0 Å². The number of aliphatic hydroxyl groups is 8. The molecule has 2 saturated heterocycles. The van der Waals surface area contributed by atoms with Crippen LogP contribution >= 0.6 is 0 Å². The fraction of sp³-hybridized carbons (Fsp3) is 0.909. The first kappa shape index (κ1) is 34.8. The molecule has 5 fully saturated rings. The second-order valence-electron chi connectivity index (χ2n) is 15.2. The van der Waals surface area contributed by atoms with Crippen molar-refractivity contribution >= 4 is 5.78 Å². The Bertz CT molecular complexity index is 1150. The summed E-state index contributed by atoms with van der Waals surface area (Å²) in [5.74, 6) is 1.08. The molecule has 0 aromatic carbocycles. The lowest BCUT2D eigenvalue weighted by Crippen LogP contribution is -2.65. The van der Waals surface area contributed by atoms with Gasteiger partial charge in [-0.05, 0) is 86.7 Å². The summed E-state index contributed by atoms with van der Waals surface area (Å²) >= 11 is 0. The zero-order valence-electron chi connectivity index (χ0n) is 26.8. The molecule has 6 aliphatic rings. The fourth-order valence-electron chi connectivity index (χ4n) is 10.4. The predicted molar refractivity (Wildman–Crippen MR) is 159 cm³/mol. The molecule has 6 rings (SSSR count). The smallest absolute Gasteiger partial charge is 0.187 e. The molecule has 0 spiro atoms. The second kappa shape index (κ2) is 13.0. The maximum atomic E-state index is 12.5. The number of carbonyl (C=O) groups is 1. The zero-order valence-corrected chi connectivity index (χ0v) is 26.8. The number of ketones is 1. The Kier molecular flexibility index (Phi) is 9.83. The van der Waals surface area contributed by atoms with E-state index < -0.39 is 80.7 Å². The van der Waals surface area contributed by atoms with E-state index in [-0.39, 0.29) is 28.6 Å². The maximum Gasteiger partial charge on any atom is 0.187 e. The van der Waals surface area contributed by atoms with E-state index in [0.717, 1.165) is 37.7 Å². The van der Waals surface area contributed by atoms with Crippen molar-refractivity contribution in [1.29, 1.82) is 0 Å². The monoisotopic (exact) mass is 656 g/mol. The lowest BCUT2D eigenvalue weighted by atomic mass is 9.44. The number of fused-ring (bicyclic) bond motifs is 5. The summed E-state index contributed by atoms with van der Waals surface area (Å²) in [7, 11) is 0. The molecule has 0 aromatic rings. The van der Waals surface area contributed by atoms with Gasteiger partial charge in [0.2, 0.25) is 0 Å². The van der Waals surface area contributed by atoms with Gasteiger partial charge in [-0.25, -0.2) is 0 Å². The van der Waals surface area contributed by atoms with Gasteiger partial charge in [0.25, 0.3) is 0 Å². The molecule has 8 N–H and O–H groups in total. The average molecular weight is 657 g/mol. The SMILES string of the molecule is CC(=O)C1=C[C@H](O)[C@H]2[C@@H]3CC[C@H]4C[C@@H](O[C@@H]5O[C@H](CO)[C@H](O)[C@H](O)[C@H]5O[C@@H]5O[C@H](CO)[C@@H](O)[C@H](O)[C@H]5O)CC[C@]4(C)[C@H]3CC[C@]12C. The molecule has 0 bridgehead atoms. The highest BCUT2D eigenvalue weighted by Crippen LogP contribution is 2.66. The van der Waals surface area contributed by atoms with Crippen LogP contribution in [0.15, 0.2) is 11.6 Å². The van der Waals surface area contributed by atoms with Crippen molar-refractivity contribution in [3.05, 3.63) is 11.6 Å². The van der Waals surface area contributed by atoms with E-state index in [1.54, 1.807) is 13.0 Å². The molecule has 0 radical (unpaired) electrons. The molecule has 18 atom stereocenters. The Labute approximate surface area is 269 Å². The van der Waals surface area contributed by atoms with Gasteiger partial charge in [0.05, 0.1) is 25.4 Å². The largest absolute Gasteiger partial charge is 0.394 e. The van der Waals surface area contributed by atoms with Crippen molar-refractivity contribution < 1.29 is 64.6 Å². The zero-order chi connectivity index (χ0) is 33.3. The van der Waals surface area contributed by atoms with Crippen molar-refractivity contribution in [2.75, 3.05) is 13.2 Å². The van der Waals surface area contributed by atoms with E-state index >= 15 is 0 Å². The van der Waals surface area contributed by atoms with Crippen LogP contribution in [0.25, 0.3) is 0 Å². The molecule has 0 unspecified atom stereocenters. The third kappa shape index (κ3) is 5.62. The Morgan fingerprint density at radius 1 is 0.826 bits per heavy atom. The number of allylic oxidation sites excluding steroid dienone is 1. The van der Waals surface area contributed by atoms with E-state index in [0.29, 0.717) is 30.6 Å². The number of Topliss-reactive ketones (excluding diaryl/α,β-unsaturated/α-hetero) is 1. The van der Waals surface area contributed by atoms with Crippen LogP contribution in [0.5, 0.6) is 0 Å². The van der Waals surface area contributed by atoms with Crippen LogP contribution in [0.3, 0.4) is 0 Å². The number of aliphatic hydroxyl groups excluding tert-OH is 8. The minimum Gasteiger partial charge on any atom is -0.394 e. The number of carbonyl (C=O) groups excluding carboxylic acids is 1. The molecule has 2 heterocycles. The second-order valence-corrected chi connectivity index (χ2v) is 15.2. The van der Waals surface area contributed by atoms with Gasteiger partial charge in [-0.2, -0.15) is 0 Å². The van der Waals surface area contributed by atoms with E-state index in [9.17, 15) is 45.6 Å². The molecule has 13 heteroatoms. The van der Waals surface area contributed by atoms with Crippen LogP contribution in [0.1, 0.15) is 65.7 Å². The number of rotatable bonds is 7. The quantitative estimate of drug-likeness (QED) is 0.157. The van der Waals surface area contributed by atoms with Gasteiger partial charge in [-0.15, -0.1) is 0 Å². The van der Waals surface area contributed by atoms with Crippen molar-refractivity contribution in [2.45, 2.75) is 139 Å². The number of ether oxygens (including phenoxy) is 4. The molecule has 4 aliphatic carbocycles. The van der Waals surface area contributed by atoms with Crippen LogP contribution in [-0.4, -0.2) is 133 Å². The van der Waals surface area contributed by atoms with Crippen molar-refractivity contribution in [2.24, 2.45) is 34.5 Å². The van der Waals surface area contributed by atoms with Gasteiger partial charge in [-0.3, -0.25) is 4.79 Å². The minimum atomic E-state index is -1.73. The lowest BCUT2D eigenvalue weighted by molar-refractivity contribution is -0.373. The topological polar surface area (TPSA) is 216 Å². The normalized spacial score (nSPS) is 53.9. The predicted octanol–water partition coefficient (Wildman–Crippen LogP) is -0.865. The van der Waals surface area contributed by atoms with Crippen LogP contribution in [0, 0.1) is 34.5 Å². The number of hydrogen-bond acceptors (Lipinski definition) is 13. The van der Waals surface area contributed by atoms with Crippen LogP contribution < -0.4 is 0 Å². The van der Waals surface area contributed by atoms with Gasteiger partial charge < -0.3 is 59.8 Å². The highest BCUT2D eigenvalue weighted by atomic mass is 16.8. The first-order valence-electron chi connectivity index (χ1n) is 16.9. The maximum absolute atomic E-state index is 12.5. The summed E-state index contributed by atoms with van der Waals surface area (Å²) in [4.78, 5) is 12.5. The standard InChI is InChI=1S/C33H52O13/c1-14(36)19-11-20(37)23-17-5-4-15-10-16(6-8-32(15,2)18(17)7-9-33(19,23)3)43-31-29(27(41)25(39)22(13-35)45-31)46-30-28(42)26(40)24(38)21(12-34)44-30/h11,15-18,20-31,34-35,37-42H,4-10,12-13H2,1-3H3/t15-,16-,17+,18-,20-,21+,22+,23+,24+,25-,26-,27-,28+,29+,30-,31+,32-,33+/m0/s1. The Balaban J connectivity index is 1.16. The first-order chi connectivity index (χ1) is 21.7. The Morgan fingerprint density at radius 3 is 2.13 bits per heavy atom. The highest BCUT2D eigenvalue weighted by molar-refractivity contribution is 5.95. The third-order valence-electron chi connectivity index (χ3n) is 12.9. The summed E-state index contributed by atoms with van der Waals surface area (Å²) in [5, 5.41) is 83.2. The van der Waals surface area contributed by atoms with Gasteiger partial charge in [0.1, 0.15) is 48.8 Å². The summed E-state index contributed by atoms with van der Waals surface area (Å²) in [6.45, 7) is 4.83. The summed E-state index contributed by atoms with van der Waals surface area (Å²) in [5.41, 5.74) is 0.472. The molecule has 3 saturated carbocycles. The molecule has 0 amide bonds.